The van der Waals surface area contributed by atoms with Crippen LogP contribution in [0.3, 0.4) is 0 Å². The second kappa shape index (κ2) is 5.48. The Morgan fingerprint density at radius 1 is 1.39 bits per heavy atom. The average molecular weight is 347 g/mol. The molecule has 0 amide bonds. The van der Waals surface area contributed by atoms with Crippen LogP contribution in [0.4, 0.5) is 0 Å². The maximum atomic E-state index is 12.0. The van der Waals surface area contributed by atoms with E-state index in [-0.39, 0.29) is 10.8 Å². The van der Waals surface area contributed by atoms with Gasteiger partial charge in [0, 0.05) is 10.2 Å². The standard InChI is InChI=1S/C11H11BrN2O2S2/c1-8-3-2-4-9(14-8)7-13-18(15,16)11-10(12)5-6-17-11/h2-6,13H,7H2,1H3. The monoisotopic (exact) mass is 346 g/mol. The quantitative estimate of drug-likeness (QED) is 0.925. The van der Waals surface area contributed by atoms with E-state index in [1.54, 1.807) is 17.5 Å². The van der Waals surface area contributed by atoms with Gasteiger partial charge in [0.15, 0.2) is 0 Å². The molecule has 2 aromatic heterocycles. The van der Waals surface area contributed by atoms with Crippen molar-refractivity contribution in [3.05, 3.63) is 45.5 Å². The molecule has 96 valence electrons. The molecule has 1 N–H and O–H groups in total. The summed E-state index contributed by atoms with van der Waals surface area (Å²) in [7, 11) is -3.48. The topological polar surface area (TPSA) is 59.1 Å². The number of hydrogen-bond acceptors (Lipinski definition) is 4. The van der Waals surface area contributed by atoms with E-state index in [4.69, 9.17) is 0 Å². The van der Waals surface area contributed by atoms with Gasteiger partial charge in [-0.15, -0.1) is 11.3 Å². The molecule has 0 aliphatic rings. The second-order valence-corrected chi connectivity index (χ2v) is 7.38. The number of aryl methyl sites for hydroxylation is 1. The number of hydrogen-bond donors (Lipinski definition) is 1. The third-order valence-electron chi connectivity index (χ3n) is 2.22. The molecule has 0 saturated carbocycles. The highest BCUT2D eigenvalue weighted by Crippen LogP contribution is 2.27. The summed E-state index contributed by atoms with van der Waals surface area (Å²) in [5.74, 6) is 0. The van der Waals surface area contributed by atoms with E-state index in [2.05, 4.69) is 25.6 Å². The minimum Gasteiger partial charge on any atom is -0.257 e. The number of nitrogens with zero attached hydrogens (tertiary/aromatic N) is 1. The molecule has 2 rings (SSSR count). The lowest BCUT2D eigenvalue weighted by Gasteiger charge is -2.05. The molecule has 0 atom stereocenters. The van der Waals surface area contributed by atoms with Crippen LogP contribution in [-0.4, -0.2) is 13.4 Å². The summed E-state index contributed by atoms with van der Waals surface area (Å²) in [6, 6.07) is 7.23. The Kier molecular flexibility index (Phi) is 4.16. The summed E-state index contributed by atoms with van der Waals surface area (Å²) in [4.78, 5) is 4.24. The van der Waals surface area contributed by atoms with Gasteiger partial charge >= 0.3 is 0 Å². The Hall–Kier alpha value is -0.760. The van der Waals surface area contributed by atoms with Crippen LogP contribution in [0.5, 0.6) is 0 Å². The fourth-order valence-electron chi connectivity index (χ4n) is 1.40. The van der Waals surface area contributed by atoms with E-state index in [0.29, 0.717) is 10.2 Å². The SMILES string of the molecule is Cc1cccc(CNS(=O)(=O)c2sccc2Br)n1. The first-order valence-electron chi connectivity index (χ1n) is 5.14. The van der Waals surface area contributed by atoms with Crippen LogP contribution < -0.4 is 4.72 Å². The van der Waals surface area contributed by atoms with Gasteiger partial charge in [0.25, 0.3) is 10.0 Å². The lowest BCUT2D eigenvalue weighted by molar-refractivity contribution is 0.582. The van der Waals surface area contributed by atoms with Crippen LogP contribution in [0.2, 0.25) is 0 Å². The maximum Gasteiger partial charge on any atom is 0.251 e. The Morgan fingerprint density at radius 2 is 2.17 bits per heavy atom. The summed E-state index contributed by atoms with van der Waals surface area (Å²) in [6.07, 6.45) is 0. The smallest absolute Gasteiger partial charge is 0.251 e. The van der Waals surface area contributed by atoms with Crippen molar-refractivity contribution in [1.82, 2.24) is 9.71 Å². The summed E-state index contributed by atoms with van der Waals surface area (Å²) in [6.45, 7) is 2.06. The fourth-order valence-corrected chi connectivity index (χ4v) is 4.78. The van der Waals surface area contributed by atoms with Crippen LogP contribution in [0.15, 0.2) is 38.3 Å². The van der Waals surface area contributed by atoms with Gasteiger partial charge in [-0.05, 0) is 46.4 Å². The van der Waals surface area contributed by atoms with Crippen molar-refractivity contribution in [2.75, 3.05) is 0 Å². The Bertz CT molecular complexity index is 653. The number of rotatable bonds is 4. The average Bonchev–Trinajstić information content (AvgIpc) is 2.74. The van der Waals surface area contributed by atoms with Crippen LogP contribution in [0.25, 0.3) is 0 Å². The van der Waals surface area contributed by atoms with Crippen molar-refractivity contribution in [1.29, 1.82) is 0 Å². The molecule has 0 fully saturated rings. The van der Waals surface area contributed by atoms with Crippen molar-refractivity contribution in [2.45, 2.75) is 17.7 Å². The van der Waals surface area contributed by atoms with Crippen LogP contribution in [0, 0.1) is 6.92 Å². The largest absolute Gasteiger partial charge is 0.257 e. The van der Waals surface area contributed by atoms with Gasteiger partial charge in [-0.25, -0.2) is 13.1 Å². The summed E-state index contributed by atoms with van der Waals surface area (Å²) in [5.41, 5.74) is 1.57. The van der Waals surface area contributed by atoms with E-state index in [1.807, 2.05) is 19.1 Å². The predicted molar refractivity (Wildman–Crippen MR) is 75.0 cm³/mol. The number of halogens is 1. The molecule has 0 radical (unpaired) electrons. The molecule has 18 heavy (non-hydrogen) atoms. The van der Waals surface area contributed by atoms with Crippen molar-refractivity contribution in [3.63, 3.8) is 0 Å². The van der Waals surface area contributed by atoms with Crippen LogP contribution in [-0.2, 0) is 16.6 Å². The molecule has 0 spiro atoms. The Balaban J connectivity index is 2.13. The van der Waals surface area contributed by atoms with Gasteiger partial charge in [0.05, 0.1) is 12.2 Å². The molecule has 0 aromatic carbocycles. The normalized spacial score (nSPS) is 11.7. The third kappa shape index (κ3) is 3.17. The number of aromatic nitrogens is 1. The minimum absolute atomic E-state index is 0.189. The zero-order valence-corrected chi connectivity index (χ0v) is 12.8. The molecule has 2 aromatic rings. The molecule has 0 unspecified atom stereocenters. The molecule has 4 nitrogen and oxygen atoms in total. The van der Waals surface area contributed by atoms with E-state index in [0.717, 1.165) is 5.69 Å². The summed E-state index contributed by atoms with van der Waals surface area (Å²) < 4.78 is 27.4. The van der Waals surface area contributed by atoms with Crippen molar-refractivity contribution >= 4 is 37.3 Å². The summed E-state index contributed by atoms with van der Waals surface area (Å²) in [5, 5.41) is 1.73. The number of pyridine rings is 1. The van der Waals surface area contributed by atoms with Crippen molar-refractivity contribution in [3.8, 4) is 0 Å². The number of nitrogens with one attached hydrogen (secondary N) is 1. The highest BCUT2D eigenvalue weighted by molar-refractivity contribution is 9.10. The minimum atomic E-state index is -3.48. The van der Waals surface area contributed by atoms with Gasteiger partial charge < -0.3 is 0 Å². The molecule has 0 saturated heterocycles. The van der Waals surface area contributed by atoms with Gasteiger partial charge in [-0.1, -0.05) is 6.07 Å². The highest BCUT2D eigenvalue weighted by Gasteiger charge is 2.18. The zero-order valence-electron chi connectivity index (χ0n) is 9.55. The van der Waals surface area contributed by atoms with Crippen molar-refractivity contribution < 1.29 is 8.42 Å². The van der Waals surface area contributed by atoms with E-state index < -0.39 is 10.0 Å². The lowest BCUT2D eigenvalue weighted by Crippen LogP contribution is -2.23. The molecular weight excluding hydrogens is 336 g/mol. The third-order valence-corrected chi connectivity index (χ3v) is 6.29. The Morgan fingerprint density at radius 3 is 2.78 bits per heavy atom. The fraction of sp³-hybridized carbons (Fsp3) is 0.182. The predicted octanol–water partition coefficient (Wildman–Crippen LogP) is 2.69. The van der Waals surface area contributed by atoms with Gasteiger partial charge in [0.2, 0.25) is 0 Å². The first-order chi connectivity index (χ1) is 8.49. The second-order valence-electron chi connectivity index (χ2n) is 3.65. The number of thiophene rings is 1. The Labute approximate surface area is 118 Å². The molecule has 2 heterocycles. The van der Waals surface area contributed by atoms with Gasteiger partial charge in [-0.3, -0.25) is 4.98 Å². The first kappa shape index (κ1) is 13.7. The van der Waals surface area contributed by atoms with Gasteiger partial charge in [0.1, 0.15) is 4.21 Å². The van der Waals surface area contributed by atoms with Gasteiger partial charge in [-0.2, -0.15) is 0 Å². The van der Waals surface area contributed by atoms with E-state index >= 15 is 0 Å². The lowest BCUT2D eigenvalue weighted by atomic mass is 10.3. The zero-order chi connectivity index (χ0) is 13.2. The molecule has 0 aliphatic heterocycles. The van der Waals surface area contributed by atoms with E-state index in [9.17, 15) is 8.42 Å². The first-order valence-corrected chi connectivity index (χ1v) is 8.30. The number of sulfonamides is 1. The summed E-state index contributed by atoms with van der Waals surface area (Å²) >= 11 is 4.39. The molecule has 0 bridgehead atoms. The van der Waals surface area contributed by atoms with Crippen molar-refractivity contribution in [2.24, 2.45) is 0 Å². The molecule has 0 aliphatic carbocycles. The molecular formula is C11H11BrN2O2S2. The van der Waals surface area contributed by atoms with Crippen LogP contribution in [0.1, 0.15) is 11.4 Å². The maximum absolute atomic E-state index is 12.0. The molecule has 7 heteroatoms. The van der Waals surface area contributed by atoms with E-state index in [1.165, 1.54) is 11.3 Å². The van der Waals surface area contributed by atoms with Crippen LogP contribution >= 0.6 is 27.3 Å². The highest BCUT2D eigenvalue weighted by atomic mass is 79.9.